The Morgan fingerprint density at radius 1 is 1.09 bits per heavy atom. The molecule has 0 spiro atoms. The van der Waals surface area contributed by atoms with Crippen LogP contribution < -0.4 is 10.6 Å². The number of benzene rings is 1. The third-order valence-electron chi connectivity index (χ3n) is 3.84. The van der Waals surface area contributed by atoms with Gasteiger partial charge in [-0.2, -0.15) is 13.2 Å². The molecule has 1 saturated carbocycles. The molecule has 1 aromatic rings. The van der Waals surface area contributed by atoms with E-state index in [2.05, 4.69) is 17.2 Å². The zero-order chi connectivity index (χ0) is 16.2. The Morgan fingerprint density at radius 3 is 2.14 bits per heavy atom. The molecule has 2 N–H and O–H groups in total. The van der Waals surface area contributed by atoms with Crippen LogP contribution in [0.25, 0.3) is 0 Å². The molecule has 3 nitrogen and oxygen atoms in total. The van der Waals surface area contributed by atoms with Crippen LogP contribution in [-0.2, 0) is 11.0 Å². The van der Waals surface area contributed by atoms with Gasteiger partial charge in [-0.15, -0.1) is 0 Å². The van der Waals surface area contributed by atoms with Gasteiger partial charge in [0.05, 0.1) is 5.56 Å². The number of halogens is 3. The van der Waals surface area contributed by atoms with Crippen LogP contribution in [0.15, 0.2) is 36.9 Å². The van der Waals surface area contributed by atoms with Crippen molar-refractivity contribution >= 4 is 11.6 Å². The molecular weight excluding hydrogens is 293 g/mol. The summed E-state index contributed by atoms with van der Waals surface area (Å²) in [7, 11) is 0. The van der Waals surface area contributed by atoms with E-state index in [1.165, 1.54) is 18.2 Å². The number of anilines is 1. The van der Waals surface area contributed by atoms with Gasteiger partial charge < -0.3 is 10.6 Å². The third kappa shape index (κ3) is 4.51. The predicted molar refractivity (Wildman–Crippen MR) is 79.5 cm³/mol. The van der Waals surface area contributed by atoms with E-state index >= 15 is 0 Å². The molecule has 1 aliphatic carbocycles. The summed E-state index contributed by atoms with van der Waals surface area (Å²) in [6.07, 6.45) is 0.370. The molecule has 0 saturated heterocycles. The highest BCUT2D eigenvalue weighted by Crippen LogP contribution is 2.30. The van der Waals surface area contributed by atoms with Gasteiger partial charge >= 0.3 is 6.18 Å². The third-order valence-corrected chi connectivity index (χ3v) is 3.84. The summed E-state index contributed by atoms with van der Waals surface area (Å²) in [6.45, 7) is 3.42. The summed E-state index contributed by atoms with van der Waals surface area (Å²) in [4.78, 5) is 11.2. The van der Waals surface area contributed by atoms with Crippen molar-refractivity contribution in [3.8, 4) is 0 Å². The molecule has 0 unspecified atom stereocenters. The van der Waals surface area contributed by atoms with E-state index in [4.69, 9.17) is 0 Å². The van der Waals surface area contributed by atoms with Crippen molar-refractivity contribution in [3.63, 3.8) is 0 Å². The normalized spacial score (nSPS) is 22.0. The molecule has 22 heavy (non-hydrogen) atoms. The van der Waals surface area contributed by atoms with Crippen LogP contribution in [0.3, 0.4) is 0 Å². The standard InChI is InChI=1S/C16H19F3N2O/c1-2-15(22)21-14-9-7-13(8-10-14)20-12-5-3-11(4-6-12)16(17,18)19/h2-6,13-14,20H,1,7-10H2,(H,21,22). The molecule has 120 valence electrons. The number of amides is 1. The Kier molecular flexibility index (Phi) is 5.11. The van der Waals surface area contributed by atoms with E-state index in [0.29, 0.717) is 5.69 Å². The predicted octanol–water partition coefficient (Wildman–Crippen LogP) is 3.73. The van der Waals surface area contributed by atoms with E-state index in [-0.39, 0.29) is 18.0 Å². The molecule has 0 radical (unpaired) electrons. The summed E-state index contributed by atoms with van der Waals surface area (Å²) < 4.78 is 37.5. The molecule has 1 fully saturated rings. The van der Waals surface area contributed by atoms with Gasteiger partial charge in [0, 0.05) is 17.8 Å². The molecule has 0 heterocycles. The molecule has 1 aliphatic rings. The van der Waals surface area contributed by atoms with E-state index in [1.54, 1.807) is 0 Å². The smallest absolute Gasteiger partial charge is 0.382 e. The summed E-state index contributed by atoms with van der Waals surface area (Å²) in [5.41, 5.74) is 0.0421. The highest BCUT2D eigenvalue weighted by molar-refractivity contribution is 5.87. The molecule has 0 aliphatic heterocycles. The van der Waals surface area contributed by atoms with Gasteiger partial charge in [0.25, 0.3) is 0 Å². The highest BCUT2D eigenvalue weighted by Gasteiger charge is 2.30. The van der Waals surface area contributed by atoms with Crippen molar-refractivity contribution in [1.82, 2.24) is 5.32 Å². The molecule has 0 bridgehead atoms. The Labute approximate surface area is 127 Å². The van der Waals surface area contributed by atoms with Crippen LogP contribution in [0.4, 0.5) is 18.9 Å². The van der Waals surface area contributed by atoms with E-state index in [9.17, 15) is 18.0 Å². The van der Waals surface area contributed by atoms with Gasteiger partial charge in [-0.3, -0.25) is 4.79 Å². The topological polar surface area (TPSA) is 41.1 Å². The fourth-order valence-electron chi connectivity index (χ4n) is 2.63. The monoisotopic (exact) mass is 312 g/mol. The fraction of sp³-hybridized carbons (Fsp3) is 0.438. The molecule has 0 atom stereocenters. The van der Waals surface area contributed by atoms with Gasteiger partial charge in [0.1, 0.15) is 0 Å². The lowest BCUT2D eigenvalue weighted by molar-refractivity contribution is -0.137. The zero-order valence-electron chi connectivity index (χ0n) is 12.1. The first-order valence-electron chi connectivity index (χ1n) is 7.25. The minimum absolute atomic E-state index is 0.149. The van der Waals surface area contributed by atoms with E-state index in [0.717, 1.165) is 37.8 Å². The lowest BCUT2D eigenvalue weighted by Crippen LogP contribution is -2.39. The number of hydrogen-bond acceptors (Lipinski definition) is 2. The average molecular weight is 312 g/mol. The van der Waals surface area contributed by atoms with Gasteiger partial charge in [-0.1, -0.05) is 6.58 Å². The van der Waals surface area contributed by atoms with Crippen molar-refractivity contribution in [2.45, 2.75) is 43.9 Å². The van der Waals surface area contributed by atoms with Crippen molar-refractivity contribution in [3.05, 3.63) is 42.5 Å². The van der Waals surface area contributed by atoms with Crippen LogP contribution in [0.2, 0.25) is 0 Å². The maximum absolute atomic E-state index is 12.5. The van der Waals surface area contributed by atoms with Gasteiger partial charge in [-0.05, 0) is 56.0 Å². The Hall–Kier alpha value is -1.98. The van der Waals surface area contributed by atoms with Crippen LogP contribution >= 0.6 is 0 Å². The first-order valence-corrected chi connectivity index (χ1v) is 7.25. The lowest BCUT2D eigenvalue weighted by Gasteiger charge is -2.30. The van der Waals surface area contributed by atoms with Crippen LogP contribution in [-0.4, -0.2) is 18.0 Å². The SMILES string of the molecule is C=CC(=O)NC1CCC(Nc2ccc(C(F)(F)F)cc2)CC1. The quantitative estimate of drug-likeness (QED) is 0.832. The number of hydrogen-bond donors (Lipinski definition) is 2. The Balaban J connectivity index is 1.83. The minimum Gasteiger partial charge on any atom is -0.382 e. The number of carbonyl (C=O) groups excluding carboxylic acids is 1. The molecule has 6 heteroatoms. The van der Waals surface area contributed by atoms with Crippen LogP contribution in [0.5, 0.6) is 0 Å². The maximum atomic E-state index is 12.5. The number of rotatable bonds is 4. The highest BCUT2D eigenvalue weighted by atomic mass is 19.4. The Morgan fingerprint density at radius 2 is 1.64 bits per heavy atom. The Bertz CT molecular complexity index is 517. The minimum atomic E-state index is -4.31. The number of nitrogens with one attached hydrogen (secondary N) is 2. The second-order valence-electron chi connectivity index (χ2n) is 5.48. The maximum Gasteiger partial charge on any atom is 0.416 e. The zero-order valence-corrected chi connectivity index (χ0v) is 12.1. The molecular formula is C16H19F3N2O. The second kappa shape index (κ2) is 6.85. The molecule has 1 amide bonds. The average Bonchev–Trinajstić information content (AvgIpc) is 2.49. The molecule has 2 rings (SSSR count). The van der Waals surface area contributed by atoms with E-state index < -0.39 is 11.7 Å². The van der Waals surface area contributed by atoms with Gasteiger partial charge in [0.15, 0.2) is 0 Å². The van der Waals surface area contributed by atoms with Crippen LogP contribution in [0, 0.1) is 0 Å². The lowest BCUT2D eigenvalue weighted by atomic mass is 9.91. The largest absolute Gasteiger partial charge is 0.416 e. The summed E-state index contributed by atoms with van der Waals surface area (Å²) >= 11 is 0. The molecule has 1 aromatic carbocycles. The first-order chi connectivity index (χ1) is 10.4. The summed E-state index contributed by atoms with van der Waals surface area (Å²) in [5, 5.41) is 6.11. The van der Waals surface area contributed by atoms with Crippen molar-refractivity contribution in [2.24, 2.45) is 0 Å². The fourth-order valence-corrected chi connectivity index (χ4v) is 2.63. The van der Waals surface area contributed by atoms with Crippen molar-refractivity contribution < 1.29 is 18.0 Å². The number of alkyl halides is 3. The summed E-state index contributed by atoms with van der Waals surface area (Å²) in [5.74, 6) is -0.167. The van der Waals surface area contributed by atoms with Crippen LogP contribution in [0.1, 0.15) is 31.2 Å². The van der Waals surface area contributed by atoms with Crippen molar-refractivity contribution in [1.29, 1.82) is 0 Å². The first kappa shape index (κ1) is 16.4. The second-order valence-corrected chi connectivity index (χ2v) is 5.48. The number of carbonyl (C=O) groups is 1. The molecule has 0 aromatic heterocycles. The van der Waals surface area contributed by atoms with Gasteiger partial charge in [-0.25, -0.2) is 0 Å². The van der Waals surface area contributed by atoms with Gasteiger partial charge in [0.2, 0.25) is 5.91 Å². The summed E-state index contributed by atoms with van der Waals surface area (Å²) in [6, 6.07) is 5.43. The van der Waals surface area contributed by atoms with E-state index in [1.807, 2.05) is 0 Å². The van der Waals surface area contributed by atoms with Crippen molar-refractivity contribution in [2.75, 3.05) is 5.32 Å².